The summed E-state index contributed by atoms with van der Waals surface area (Å²) in [5.41, 5.74) is 3.27. The van der Waals surface area contributed by atoms with E-state index in [1.807, 2.05) is 61.7 Å². The summed E-state index contributed by atoms with van der Waals surface area (Å²) in [5.74, 6) is -0.338. The fraction of sp³-hybridized carbons (Fsp3) is 0.261. The van der Waals surface area contributed by atoms with Crippen LogP contribution in [0.3, 0.4) is 0 Å². The Labute approximate surface area is 184 Å². The van der Waals surface area contributed by atoms with Crippen molar-refractivity contribution in [3.8, 4) is 5.69 Å². The molecule has 0 bridgehead atoms. The summed E-state index contributed by atoms with van der Waals surface area (Å²) in [5, 5.41) is 7.35. The second kappa shape index (κ2) is 8.83. The summed E-state index contributed by atoms with van der Waals surface area (Å²) in [7, 11) is 0. The number of amides is 2. The van der Waals surface area contributed by atoms with Gasteiger partial charge in [0.15, 0.2) is 0 Å². The molecular formula is C23H23BrN4O2. The molecule has 30 heavy (non-hydrogen) atoms. The molecule has 1 atom stereocenters. The third-order valence-corrected chi connectivity index (χ3v) is 5.75. The zero-order valence-electron chi connectivity index (χ0n) is 16.7. The Kier molecular flexibility index (Phi) is 5.99. The molecule has 1 saturated heterocycles. The lowest BCUT2D eigenvalue weighted by atomic mass is 9.96. The molecule has 4 rings (SSSR count). The molecule has 1 aliphatic heterocycles. The molecule has 0 spiro atoms. The maximum Gasteiger partial charge on any atom is 0.253 e. The second-order valence-corrected chi connectivity index (χ2v) is 8.48. The second-order valence-electron chi connectivity index (χ2n) is 7.57. The van der Waals surface area contributed by atoms with Gasteiger partial charge < -0.3 is 10.2 Å². The number of carbonyl (C=O) groups excluding carboxylic acids is 2. The highest BCUT2D eigenvalue weighted by atomic mass is 79.9. The summed E-state index contributed by atoms with van der Waals surface area (Å²) in [6.07, 6.45) is 5.12. The molecule has 3 aromatic rings. The number of hydrogen-bond donors (Lipinski definition) is 1. The van der Waals surface area contributed by atoms with Gasteiger partial charge >= 0.3 is 0 Å². The van der Waals surface area contributed by atoms with Crippen LogP contribution in [0.15, 0.2) is 65.4 Å². The number of nitrogens with one attached hydrogen (secondary N) is 1. The summed E-state index contributed by atoms with van der Waals surface area (Å²) in [6.45, 7) is 3.09. The molecule has 1 unspecified atom stereocenters. The van der Waals surface area contributed by atoms with Crippen molar-refractivity contribution in [2.24, 2.45) is 5.92 Å². The normalized spacial score (nSPS) is 16.3. The number of rotatable bonds is 4. The van der Waals surface area contributed by atoms with E-state index in [1.165, 1.54) is 0 Å². The predicted molar refractivity (Wildman–Crippen MR) is 120 cm³/mol. The van der Waals surface area contributed by atoms with Crippen molar-refractivity contribution in [1.29, 1.82) is 0 Å². The molecule has 6 nitrogen and oxygen atoms in total. The van der Waals surface area contributed by atoms with Crippen molar-refractivity contribution in [2.45, 2.75) is 19.8 Å². The minimum Gasteiger partial charge on any atom is -0.338 e. The van der Waals surface area contributed by atoms with Gasteiger partial charge in [0.2, 0.25) is 5.91 Å². The summed E-state index contributed by atoms with van der Waals surface area (Å²) >= 11 is 3.40. The van der Waals surface area contributed by atoms with Crippen LogP contribution in [0.2, 0.25) is 0 Å². The molecule has 0 saturated carbocycles. The van der Waals surface area contributed by atoms with E-state index in [0.29, 0.717) is 24.3 Å². The monoisotopic (exact) mass is 466 g/mol. The van der Waals surface area contributed by atoms with Gasteiger partial charge in [0.25, 0.3) is 5.91 Å². The Hall–Kier alpha value is -2.93. The predicted octanol–water partition coefficient (Wildman–Crippen LogP) is 4.43. The highest BCUT2D eigenvalue weighted by molar-refractivity contribution is 9.10. The van der Waals surface area contributed by atoms with E-state index in [-0.39, 0.29) is 17.7 Å². The van der Waals surface area contributed by atoms with Gasteiger partial charge in [0, 0.05) is 24.8 Å². The smallest absolute Gasteiger partial charge is 0.253 e. The lowest BCUT2D eigenvalue weighted by molar-refractivity contribution is -0.121. The average Bonchev–Trinajstić information content (AvgIpc) is 3.20. The molecule has 0 aliphatic carbocycles. The van der Waals surface area contributed by atoms with E-state index in [0.717, 1.165) is 28.6 Å². The van der Waals surface area contributed by atoms with Crippen LogP contribution in [0.1, 0.15) is 28.8 Å². The molecule has 1 aromatic heterocycles. The van der Waals surface area contributed by atoms with Crippen molar-refractivity contribution >= 4 is 33.4 Å². The fourth-order valence-corrected chi connectivity index (χ4v) is 3.99. The van der Waals surface area contributed by atoms with Crippen LogP contribution in [-0.2, 0) is 4.79 Å². The molecular weight excluding hydrogens is 444 g/mol. The molecule has 1 N–H and O–H groups in total. The number of anilines is 1. The Bertz CT molecular complexity index is 1060. The minimum absolute atomic E-state index is 0.0192. The molecule has 1 aliphatic rings. The number of para-hydroxylation sites is 2. The first kappa shape index (κ1) is 20.3. The largest absolute Gasteiger partial charge is 0.338 e. The Balaban J connectivity index is 1.47. The van der Waals surface area contributed by atoms with Crippen molar-refractivity contribution in [3.05, 3.63) is 76.5 Å². The maximum atomic E-state index is 13.0. The third-order valence-electron chi connectivity index (χ3n) is 5.34. The minimum atomic E-state index is -0.245. The van der Waals surface area contributed by atoms with Gasteiger partial charge in [-0.15, -0.1) is 0 Å². The highest BCUT2D eigenvalue weighted by Crippen LogP contribution is 2.24. The summed E-state index contributed by atoms with van der Waals surface area (Å²) < 4.78 is 2.58. The topological polar surface area (TPSA) is 67.2 Å². The van der Waals surface area contributed by atoms with E-state index in [4.69, 9.17) is 0 Å². The lowest BCUT2D eigenvalue weighted by Gasteiger charge is -2.32. The van der Waals surface area contributed by atoms with E-state index in [1.54, 1.807) is 15.8 Å². The molecule has 154 valence electrons. The van der Waals surface area contributed by atoms with Gasteiger partial charge in [0.1, 0.15) is 0 Å². The van der Waals surface area contributed by atoms with E-state index in [9.17, 15) is 9.59 Å². The number of carbonyl (C=O) groups is 2. The van der Waals surface area contributed by atoms with Crippen molar-refractivity contribution in [2.75, 3.05) is 18.4 Å². The number of aryl methyl sites for hydroxylation is 1. The average molecular weight is 467 g/mol. The van der Waals surface area contributed by atoms with Crippen LogP contribution in [0.4, 0.5) is 5.69 Å². The number of benzene rings is 2. The number of nitrogens with zero attached hydrogens (tertiary/aromatic N) is 3. The molecule has 0 radical (unpaired) electrons. The quantitative estimate of drug-likeness (QED) is 0.617. The number of halogens is 1. The van der Waals surface area contributed by atoms with Crippen LogP contribution in [-0.4, -0.2) is 39.6 Å². The molecule has 2 heterocycles. The highest BCUT2D eigenvalue weighted by Gasteiger charge is 2.29. The van der Waals surface area contributed by atoms with Gasteiger partial charge in [-0.25, -0.2) is 4.68 Å². The zero-order chi connectivity index (χ0) is 21.1. The van der Waals surface area contributed by atoms with E-state index in [2.05, 4.69) is 26.3 Å². The van der Waals surface area contributed by atoms with Crippen LogP contribution in [0.25, 0.3) is 5.69 Å². The Morgan fingerprint density at radius 2 is 1.90 bits per heavy atom. The van der Waals surface area contributed by atoms with Gasteiger partial charge in [-0.05, 0) is 60.0 Å². The van der Waals surface area contributed by atoms with Gasteiger partial charge in [-0.1, -0.05) is 29.8 Å². The summed E-state index contributed by atoms with van der Waals surface area (Å²) in [6, 6.07) is 15.1. The number of aromatic nitrogens is 2. The molecule has 2 aromatic carbocycles. The van der Waals surface area contributed by atoms with Crippen LogP contribution < -0.4 is 5.32 Å². The molecule has 1 fully saturated rings. The van der Waals surface area contributed by atoms with Crippen molar-refractivity contribution in [1.82, 2.24) is 14.7 Å². The van der Waals surface area contributed by atoms with E-state index < -0.39 is 0 Å². The SMILES string of the molecule is Cc1ccc(C(=O)N2CCCC(C(=O)Nc3ccccc3-n3cc(Br)cn3)C2)cc1. The summed E-state index contributed by atoms with van der Waals surface area (Å²) in [4.78, 5) is 27.7. The Morgan fingerprint density at radius 1 is 1.13 bits per heavy atom. The van der Waals surface area contributed by atoms with Gasteiger partial charge in [0.05, 0.1) is 28.0 Å². The fourth-order valence-electron chi connectivity index (χ4n) is 3.70. The first-order valence-electron chi connectivity index (χ1n) is 9.97. The van der Waals surface area contributed by atoms with Crippen LogP contribution in [0.5, 0.6) is 0 Å². The first-order chi connectivity index (χ1) is 14.5. The van der Waals surface area contributed by atoms with Gasteiger partial charge in [-0.2, -0.15) is 5.10 Å². The van der Waals surface area contributed by atoms with Gasteiger partial charge in [-0.3, -0.25) is 9.59 Å². The molecule has 2 amide bonds. The Morgan fingerprint density at radius 3 is 2.63 bits per heavy atom. The van der Waals surface area contributed by atoms with E-state index >= 15 is 0 Å². The van der Waals surface area contributed by atoms with Crippen LogP contribution >= 0.6 is 15.9 Å². The first-order valence-corrected chi connectivity index (χ1v) is 10.8. The zero-order valence-corrected chi connectivity index (χ0v) is 18.3. The third kappa shape index (κ3) is 4.46. The molecule has 7 heteroatoms. The number of likely N-dealkylation sites (tertiary alicyclic amines) is 1. The van der Waals surface area contributed by atoms with Crippen LogP contribution in [0, 0.1) is 12.8 Å². The standard InChI is InChI=1S/C23H23BrN4O2/c1-16-8-10-17(11-9-16)23(30)27-12-4-5-18(14-27)22(29)26-20-6-2-3-7-21(20)28-15-19(24)13-25-28/h2-3,6-11,13,15,18H,4-5,12,14H2,1H3,(H,26,29). The number of hydrogen-bond acceptors (Lipinski definition) is 3. The lowest BCUT2D eigenvalue weighted by Crippen LogP contribution is -2.43. The van der Waals surface area contributed by atoms with Crippen molar-refractivity contribution < 1.29 is 9.59 Å². The van der Waals surface area contributed by atoms with Crippen molar-refractivity contribution in [3.63, 3.8) is 0 Å². The number of piperidine rings is 1. The maximum absolute atomic E-state index is 13.0.